The minimum Gasteiger partial charge on any atom is -0.381 e. The topological polar surface area (TPSA) is 293 Å². The van der Waals surface area contributed by atoms with Crippen molar-refractivity contribution < 1.29 is 37.1 Å². The van der Waals surface area contributed by atoms with Gasteiger partial charge >= 0.3 is 6.18 Å². The highest BCUT2D eigenvalue weighted by molar-refractivity contribution is 6.08. The molecule has 4 aromatic carbocycles. The van der Waals surface area contributed by atoms with Gasteiger partial charge in [0.05, 0.1) is 86.5 Å². The SMILES string of the molecule is CC(C)c1ccc(NC(=O)C2CCOCC2)c(N2CCN(c3cnccn3)CC2)c1.CC(C)c1ccc(NC(=O)c2cccnc2)c(N2CCN(c3ccncn3)CC2)c1.CC(C)c1ccc(NC(=O)c2cccnc2C(F)(F)F)c(N2CCN(c3cnccn3)CC2)c1.Cc1cncc(N2CCN(c3cc(C(C)C)ccc3NC(=O)c3cccnc3)CC2)n1. The monoisotopic (exact) mass is 1700 g/mol. The van der Waals surface area contributed by atoms with Gasteiger partial charge in [0.25, 0.3) is 17.7 Å². The number of nitrogens with zero attached hydrogens (tertiary/aromatic N) is 19. The summed E-state index contributed by atoms with van der Waals surface area (Å²) in [7, 11) is 0. The van der Waals surface area contributed by atoms with E-state index in [4.69, 9.17) is 4.74 Å². The van der Waals surface area contributed by atoms with Crippen molar-refractivity contribution in [3.8, 4) is 0 Å². The lowest BCUT2D eigenvalue weighted by molar-refractivity contribution is -0.141. The first kappa shape index (κ1) is 89.4. The molecule has 0 bridgehead atoms. The molecule has 5 saturated heterocycles. The van der Waals surface area contributed by atoms with Crippen LogP contribution < -0.4 is 60.5 Å². The third kappa shape index (κ3) is 23.9. The molecule has 11 aromatic rings. The Balaban J connectivity index is 0.000000143. The standard InChI is InChI=1S/C24H25F3N6O.C24H28N6O.C23H26N6O.C23H31N5O2/c1-16(2)17-5-6-19(31-23(34)18-4-3-7-30-22(18)24(25,26)27)20(14-17)32-10-12-33(13-11-32)21-15-28-8-9-29-21;1-17(2)19-6-7-21(28-24(31)20-5-4-8-25-15-20)22(13-19)29-9-11-30(12-10-29)23-16-26-14-18(3)27-23;1-17(2)18-5-6-20(27-23(30)19-4-3-8-24-15-19)21(14-18)28-10-12-29(13-11-28)22-7-9-25-16-26-22;1-17(2)19-3-4-20(26-23(29)18-5-13-30-14-6-18)21(15-19)27-9-11-28(12-10-27)22-16-24-7-8-25-22/h3-9,14-16H,10-13H2,1-2H3,(H,31,34);4-8,13-17H,9-12H2,1-3H3,(H,28,31);3-9,14-17H,10-13H2,1-2H3,(H,27,30);3-4,7-8,15-18H,5-6,9-14H2,1-2H3,(H,26,29). The summed E-state index contributed by atoms with van der Waals surface area (Å²) in [5.41, 5.74) is 12.2. The fourth-order valence-electron chi connectivity index (χ4n) is 15.4. The zero-order chi connectivity index (χ0) is 87.9. The number of piperazine rings is 4. The summed E-state index contributed by atoms with van der Waals surface area (Å²) in [6.45, 7) is 33.5. The molecule has 0 unspecified atom stereocenters. The Hall–Kier alpha value is -13.3. The quantitative estimate of drug-likeness (QED) is 0.0551. The number of amides is 4. The van der Waals surface area contributed by atoms with Crippen molar-refractivity contribution in [1.82, 2.24) is 54.8 Å². The van der Waals surface area contributed by atoms with Crippen molar-refractivity contribution >= 4 is 92.4 Å². The van der Waals surface area contributed by atoms with Crippen molar-refractivity contribution in [2.24, 2.45) is 5.92 Å². The summed E-state index contributed by atoms with van der Waals surface area (Å²) >= 11 is 0. The molecule has 5 aliphatic heterocycles. The van der Waals surface area contributed by atoms with Crippen LogP contribution in [0.3, 0.4) is 0 Å². The second-order valence-corrected chi connectivity index (χ2v) is 32.5. The summed E-state index contributed by atoms with van der Waals surface area (Å²) in [6.07, 6.45) is 21.6. The number of aryl methyl sites for hydroxylation is 1. The average Bonchev–Trinajstić information content (AvgIpc) is 0.810. The lowest BCUT2D eigenvalue weighted by atomic mass is 9.98. The number of carbonyl (C=O) groups excluding carboxylic acids is 4. The van der Waals surface area contributed by atoms with Gasteiger partial charge in [0.15, 0.2) is 5.69 Å². The molecule has 28 nitrogen and oxygen atoms in total. The Labute approximate surface area is 728 Å². The number of halogens is 3. The molecule has 31 heteroatoms. The van der Waals surface area contributed by atoms with Crippen LogP contribution in [0, 0.1) is 12.8 Å². The number of aromatic nitrogens is 11. The van der Waals surface area contributed by atoms with Gasteiger partial charge in [-0.3, -0.25) is 49.1 Å². The normalized spacial score (nSPS) is 15.1. The van der Waals surface area contributed by atoms with E-state index in [0.717, 1.165) is 178 Å². The summed E-state index contributed by atoms with van der Waals surface area (Å²) in [4.78, 5) is 115. The van der Waals surface area contributed by atoms with Gasteiger partial charge in [0, 0.05) is 192 Å². The molecule has 4 N–H and O–H groups in total. The second kappa shape index (κ2) is 42.7. The van der Waals surface area contributed by atoms with Crippen LogP contribution in [0.2, 0.25) is 0 Å². The maximum Gasteiger partial charge on any atom is 0.434 e. The van der Waals surface area contributed by atoms with Crippen LogP contribution in [-0.2, 0) is 15.7 Å². The van der Waals surface area contributed by atoms with Crippen molar-refractivity contribution in [2.75, 3.05) is 178 Å². The maximum atomic E-state index is 13.4. The molecule has 5 fully saturated rings. The lowest BCUT2D eigenvalue weighted by Gasteiger charge is -2.37. The molecular weight excluding hydrogens is 1590 g/mol. The number of pyridine rings is 3. The van der Waals surface area contributed by atoms with Crippen LogP contribution in [0.4, 0.5) is 81.9 Å². The molecule has 7 aromatic heterocycles. The van der Waals surface area contributed by atoms with Gasteiger partial charge in [-0.1, -0.05) is 79.7 Å². The van der Waals surface area contributed by atoms with Gasteiger partial charge in [-0.05, 0) is 157 Å². The molecule has 12 heterocycles. The van der Waals surface area contributed by atoms with E-state index in [1.54, 1.807) is 105 Å². The fourth-order valence-corrected chi connectivity index (χ4v) is 15.4. The van der Waals surface area contributed by atoms with Crippen LogP contribution in [0.25, 0.3) is 0 Å². The molecule has 0 radical (unpaired) electrons. The smallest absolute Gasteiger partial charge is 0.381 e. The van der Waals surface area contributed by atoms with Crippen molar-refractivity contribution in [3.05, 3.63) is 259 Å². The van der Waals surface area contributed by atoms with E-state index in [-0.39, 0.29) is 29.6 Å². The Morgan fingerprint density at radius 2 is 0.744 bits per heavy atom. The Bertz CT molecular complexity index is 5340. The van der Waals surface area contributed by atoms with Crippen molar-refractivity contribution in [1.29, 1.82) is 0 Å². The van der Waals surface area contributed by atoms with Crippen molar-refractivity contribution in [3.63, 3.8) is 0 Å². The van der Waals surface area contributed by atoms with Gasteiger partial charge in [-0.2, -0.15) is 13.2 Å². The average molecular weight is 1700 g/mol. The molecule has 0 spiro atoms. The molecule has 4 amide bonds. The molecule has 0 aliphatic carbocycles. The number of rotatable bonds is 20. The van der Waals surface area contributed by atoms with Gasteiger partial charge in [0.1, 0.15) is 29.6 Å². The number of benzene rings is 4. The summed E-state index contributed by atoms with van der Waals surface area (Å²) in [5, 5.41) is 12.1. The van der Waals surface area contributed by atoms with Crippen LogP contribution in [0.1, 0.15) is 157 Å². The van der Waals surface area contributed by atoms with Crippen LogP contribution in [-0.4, -0.2) is 196 Å². The third-order valence-corrected chi connectivity index (χ3v) is 22.7. The highest BCUT2D eigenvalue weighted by Gasteiger charge is 2.38. The van der Waals surface area contributed by atoms with Gasteiger partial charge < -0.3 is 65.2 Å². The Morgan fingerprint density at radius 3 is 1.11 bits per heavy atom. The first-order valence-corrected chi connectivity index (χ1v) is 42.7. The molecule has 5 aliphatic rings. The fraction of sp³-hybridized carbons (Fsp3) is 0.372. The Morgan fingerprint density at radius 1 is 0.368 bits per heavy atom. The number of alkyl halides is 3. The number of nitrogens with one attached hydrogen (secondary N) is 4. The first-order valence-electron chi connectivity index (χ1n) is 42.7. The number of hydrogen-bond donors (Lipinski definition) is 4. The zero-order valence-corrected chi connectivity index (χ0v) is 72.3. The van der Waals surface area contributed by atoms with Gasteiger partial charge in [-0.25, -0.2) is 24.9 Å². The van der Waals surface area contributed by atoms with E-state index in [9.17, 15) is 32.3 Å². The minimum atomic E-state index is -4.73. The predicted octanol–water partition coefficient (Wildman–Crippen LogP) is 15.3. The minimum absolute atomic E-state index is 0.0323. The largest absolute Gasteiger partial charge is 0.434 e. The van der Waals surface area contributed by atoms with E-state index >= 15 is 0 Å². The molecule has 16 rings (SSSR count). The summed E-state index contributed by atoms with van der Waals surface area (Å²) in [5.74, 6) is 4.07. The third-order valence-electron chi connectivity index (χ3n) is 22.7. The van der Waals surface area contributed by atoms with Gasteiger partial charge in [0.2, 0.25) is 5.91 Å². The van der Waals surface area contributed by atoms with Crippen LogP contribution in [0.15, 0.2) is 208 Å². The lowest BCUT2D eigenvalue weighted by Crippen LogP contribution is -2.47. The molecule has 652 valence electrons. The van der Waals surface area contributed by atoms with Crippen LogP contribution in [0.5, 0.6) is 0 Å². The second-order valence-electron chi connectivity index (χ2n) is 32.5. The predicted molar refractivity (Wildman–Crippen MR) is 486 cm³/mol. The first-order chi connectivity index (χ1) is 60.5. The molecule has 125 heavy (non-hydrogen) atoms. The maximum absolute atomic E-state index is 13.4. The molecule has 0 saturated carbocycles. The zero-order valence-electron chi connectivity index (χ0n) is 72.3. The van der Waals surface area contributed by atoms with Crippen LogP contribution >= 0.6 is 0 Å². The van der Waals surface area contributed by atoms with E-state index in [1.807, 2.05) is 49.6 Å². The highest BCUT2D eigenvalue weighted by Crippen LogP contribution is 2.39. The summed E-state index contributed by atoms with van der Waals surface area (Å²) in [6, 6.07) is 36.1. The van der Waals surface area contributed by atoms with E-state index in [2.05, 4.69) is 213 Å². The molecule has 0 atom stereocenters. The number of hydrogen-bond acceptors (Lipinski definition) is 24. The van der Waals surface area contributed by atoms with E-state index < -0.39 is 23.3 Å². The number of ether oxygens (including phenoxy) is 1. The van der Waals surface area contributed by atoms with E-state index in [0.29, 0.717) is 74.0 Å². The number of carbonyl (C=O) groups is 4. The number of anilines is 12. The van der Waals surface area contributed by atoms with Crippen molar-refractivity contribution in [2.45, 2.75) is 105 Å². The Kier molecular flexibility index (Phi) is 30.5. The van der Waals surface area contributed by atoms with E-state index in [1.165, 1.54) is 22.8 Å². The molecular formula is C94H110F3N23O5. The summed E-state index contributed by atoms with van der Waals surface area (Å²) < 4.78 is 45.5. The highest BCUT2D eigenvalue weighted by atomic mass is 19.4. The van der Waals surface area contributed by atoms with Gasteiger partial charge in [-0.15, -0.1) is 0 Å².